The highest BCUT2D eigenvalue weighted by Crippen LogP contribution is 2.34. The fourth-order valence-corrected chi connectivity index (χ4v) is 1.60. The molecule has 2 rings (SSSR count). The van der Waals surface area contributed by atoms with Gasteiger partial charge in [-0.15, -0.1) is 0 Å². The minimum atomic E-state index is -2.50. The zero-order valence-corrected chi connectivity index (χ0v) is 6.27. The average molecular weight is 157 g/mol. The molecule has 1 nitrogen and oxygen atoms in total. The van der Waals surface area contributed by atoms with Crippen LogP contribution >= 0.6 is 0 Å². The molecule has 0 saturated carbocycles. The van der Waals surface area contributed by atoms with Gasteiger partial charge in [0.2, 0.25) is 0 Å². The number of nitrogens with zero attached hydrogens (tertiary/aromatic N) is 1. The standard InChI is InChI=1S/C8H9F2N/c1-11-3-2-6-4-8(9,10)5-7(6)11/h2-3H,4-5H2,1H3. The molecule has 0 atom stereocenters. The molecule has 0 aliphatic heterocycles. The van der Waals surface area contributed by atoms with Crippen molar-refractivity contribution >= 4 is 0 Å². The Morgan fingerprint density at radius 1 is 1.45 bits per heavy atom. The summed E-state index contributed by atoms with van der Waals surface area (Å²) in [6.45, 7) is 0. The summed E-state index contributed by atoms with van der Waals surface area (Å²) >= 11 is 0. The van der Waals surface area contributed by atoms with Crippen molar-refractivity contribution < 1.29 is 8.78 Å². The first-order valence-electron chi connectivity index (χ1n) is 3.59. The first-order chi connectivity index (χ1) is 5.08. The minimum Gasteiger partial charge on any atom is -0.354 e. The van der Waals surface area contributed by atoms with Crippen LogP contribution in [-0.4, -0.2) is 10.5 Å². The predicted octanol–water partition coefficient (Wildman–Crippen LogP) is 1.76. The van der Waals surface area contributed by atoms with Crippen molar-refractivity contribution in [3.05, 3.63) is 23.5 Å². The highest BCUT2D eigenvalue weighted by atomic mass is 19.3. The highest BCUT2D eigenvalue weighted by Gasteiger charge is 2.38. The largest absolute Gasteiger partial charge is 0.354 e. The van der Waals surface area contributed by atoms with Crippen LogP contribution in [0.2, 0.25) is 0 Å². The van der Waals surface area contributed by atoms with Gasteiger partial charge in [0.15, 0.2) is 0 Å². The summed E-state index contributed by atoms with van der Waals surface area (Å²) in [5.74, 6) is -2.50. The van der Waals surface area contributed by atoms with Gasteiger partial charge in [-0.05, 0) is 11.6 Å². The Labute approximate surface area is 63.6 Å². The van der Waals surface area contributed by atoms with Gasteiger partial charge in [0.25, 0.3) is 5.92 Å². The molecular weight excluding hydrogens is 148 g/mol. The van der Waals surface area contributed by atoms with E-state index in [0.717, 1.165) is 11.3 Å². The summed E-state index contributed by atoms with van der Waals surface area (Å²) in [5.41, 5.74) is 1.59. The van der Waals surface area contributed by atoms with Crippen LogP contribution < -0.4 is 0 Å². The van der Waals surface area contributed by atoms with Crippen LogP contribution in [0.4, 0.5) is 8.78 Å². The second-order valence-electron chi connectivity index (χ2n) is 3.11. The second kappa shape index (κ2) is 1.84. The normalized spacial score (nSPS) is 20.3. The predicted molar refractivity (Wildman–Crippen MR) is 37.8 cm³/mol. The third-order valence-electron chi connectivity index (χ3n) is 2.17. The fourth-order valence-electron chi connectivity index (χ4n) is 1.60. The van der Waals surface area contributed by atoms with Gasteiger partial charge in [-0.25, -0.2) is 8.78 Å². The van der Waals surface area contributed by atoms with E-state index in [1.165, 1.54) is 0 Å². The Hall–Kier alpha value is -0.860. The molecule has 0 aromatic carbocycles. The Bertz CT molecular complexity index is 288. The van der Waals surface area contributed by atoms with Crippen molar-refractivity contribution in [2.45, 2.75) is 18.8 Å². The monoisotopic (exact) mass is 157 g/mol. The Morgan fingerprint density at radius 3 is 2.82 bits per heavy atom. The zero-order chi connectivity index (χ0) is 8.06. The zero-order valence-electron chi connectivity index (χ0n) is 6.27. The number of hydrogen-bond acceptors (Lipinski definition) is 0. The molecule has 0 amide bonds. The molecule has 11 heavy (non-hydrogen) atoms. The van der Waals surface area contributed by atoms with E-state index >= 15 is 0 Å². The van der Waals surface area contributed by atoms with Crippen LogP contribution in [-0.2, 0) is 19.9 Å². The average Bonchev–Trinajstić information content (AvgIpc) is 2.31. The summed E-state index contributed by atoms with van der Waals surface area (Å²) in [4.78, 5) is 0. The smallest absolute Gasteiger partial charge is 0.257 e. The first kappa shape index (κ1) is 6.83. The molecule has 0 unspecified atom stereocenters. The van der Waals surface area contributed by atoms with Gasteiger partial charge in [0, 0.05) is 25.4 Å². The number of hydrogen-bond donors (Lipinski definition) is 0. The van der Waals surface area contributed by atoms with Crippen molar-refractivity contribution in [3.8, 4) is 0 Å². The van der Waals surface area contributed by atoms with E-state index in [1.807, 2.05) is 6.20 Å². The maximum atomic E-state index is 12.7. The molecule has 1 heterocycles. The lowest BCUT2D eigenvalue weighted by Gasteiger charge is -2.06. The van der Waals surface area contributed by atoms with Gasteiger partial charge in [0.1, 0.15) is 0 Å². The quantitative estimate of drug-likeness (QED) is 0.540. The molecule has 0 fully saturated rings. The van der Waals surface area contributed by atoms with Gasteiger partial charge in [-0.1, -0.05) is 0 Å². The van der Waals surface area contributed by atoms with Crippen molar-refractivity contribution in [2.24, 2.45) is 7.05 Å². The maximum Gasteiger partial charge on any atom is 0.257 e. The van der Waals surface area contributed by atoms with Crippen LogP contribution in [0.3, 0.4) is 0 Å². The summed E-state index contributed by atoms with van der Waals surface area (Å²) in [5, 5.41) is 0. The molecule has 0 N–H and O–H groups in total. The van der Waals surface area contributed by atoms with Crippen LogP contribution in [0.15, 0.2) is 12.3 Å². The van der Waals surface area contributed by atoms with Gasteiger partial charge in [0.05, 0.1) is 6.42 Å². The molecule has 0 radical (unpaired) electrons. The molecular formula is C8H9F2N. The molecule has 0 spiro atoms. The van der Waals surface area contributed by atoms with Gasteiger partial charge >= 0.3 is 0 Å². The van der Waals surface area contributed by atoms with Crippen LogP contribution in [0, 0.1) is 0 Å². The Kier molecular flexibility index (Phi) is 1.14. The van der Waals surface area contributed by atoms with E-state index in [-0.39, 0.29) is 12.8 Å². The third-order valence-corrected chi connectivity index (χ3v) is 2.17. The lowest BCUT2D eigenvalue weighted by molar-refractivity contribution is 0.0119. The number of alkyl halides is 2. The molecule has 60 valence electrons. The first-order valence-corrected chi connectivity index (χ1v) is 3.59. The van der Waals surface area contributed by atoms with Crippen LogP contribution in [0.25, 0.3) is 0 Å². The van der Waals surface area contributed by atoms with Crippen molar-refractivity contribution in [1.29, 1.82) is 0 Å². The lowest BCUT2D eigenvalue weighted by atomic mass is 10.2. The third kappa shape index (κ3) is 0.951. The highest BCUT2D eigenvalue weighted by molar-refractivity contribution is 5.30. The van der Waals surface area contributed by atoms with Gasteiger partial charge < -0.3 is 4.57 Å². The molecule has 1 aromatic rings. The molecule has 3 heteroatoms. The number of aryl methyl sites for hydroxylation is 1. The fraction of sp³-hybridized carbons (Fsp3) is 0.500. The topological polar surface area (TPSA) is 4.93 Å². The number of rotatable bonds is 0. The molecule has 0 bridgehead atoms. The molecule has 0 saturated heterocycles. The summed E-state index contributed by atoms with van der Waals surface area (Å²) in [6.07, 6.45) is 1.66. The van der Waals surface area contributed by atoms with Crippen LogP contribution in [0.1, 0.15) is 11.3 Å². The second-order valence-corrected chi connectivity index (χ2v) is 3.11. The summed E-state index contributed by atoms with van der Waals surface area (Å²) < 4.78 is 27.2. The molecule has 1 aliphatic rings. The van der Waals surface area contributed by atoms with E-state index in [0.29, 0.717) is 0 Å². The van der Waals surface area contributed by atoms with E-state index in [9.17, 15) is 8.78 Å². The molecule has 1 aromatic heterocycles. The SMILES string of the molecule is Cn1ccc2c1CC(F)(F)C2. The van der Waals surface area contributed by atoms with E-state index in [1.54, 1.807) is 17.7 Å². The number of fused-ring (bicyclic) bond motifs is 1. The van der Waals surface area contributed by atoms with E-state index in [4.69, 9.17) is 0 Å². The van der Waals surface area contributed by atoms with Crippen molar-refractivity contribution in [1.82, 2.24) is 4.57 Å². The van der Waals surface area contributed by atoms with Gasteiger partial charge in [-0.3, -0.25) is 0 Å². The van der Waals surface area contributed by atoms with Gasteiger partial charge in [-0.2, -0.15) is 0 Å². The minimum absolute atomic E-state index is 0.0802. The Balaban J connectivity index is 2.42. The number of aromatic nitrogens is 1. The maximum absolute atomic E-state index is 12.7. The van der Waals surface area contributed by atoms with E-state index in [2.05, 4.69) is 0 Å². The lowest BCUT2D eigenvalue weighted by Crippen LogP contribution is -2.16. The Morgan fingerprint density at radius 2 is 2.18 bits per heavy atom. The van der Waals surface area contributed by atoms with Crippen LogP contribution in [0.5, 0.6) is 0 Å². The summed E-state index contributed by atoms with van der Waals surface area (Å²) in [6, 6.07) is 1.77. The number of halogens is 2. The molecule has 1 aliphatic carbocycles. The van der Waals surface area contributed by atoms with Crippen molar-refractivity contribution in [3.63, 3.8) is 0 Å². The van der Waals surface area contributed by atoms with E-state index < -0.39 is 5.92 Å². The van der Waals surface area contributed by atoms with Crippen molar-refractivity contribution in [2.75, 3.05) is 0 Å². The summed E-state index contributed by atoms with van der Waals surface area (Å²) in [7, 11) is 1.81.